The van der Waals surface area contributed by atoms with Crippen LogP contribution in [-0.4, -0.2) is 17.9 Å². The molecule has 0 radical (unpaired) electrons. The number of amides is 2. The average molecular weight is 455 g/mol. The second-order valence-corrected chi connectivity index (χ2v) is 9.07. The number of rotatable bonds is 6. The zero-order chi connectivity index (χ0) is 24.6. The molecule has 0 fully saturated rings. The lowest BCUT2D eigenvalue weighted by Gasteiger charge is -2.20. The molecule has 0 aromatic heterocycles. The summed E-state index contributed by atoms with van der Waals surface area (Å²) in [4.78, 5) is 28.9. The summed E-state index contributed by atoms with van der Waals surface area (Å²) in [6, 6.07) is 18.9. The van der Waals surface area contributed by atoms with Crippen molar-refractivity contribution in [3.63, 3.8) is 0 Å². The summed E-state index contributed by atoms with van der Waals surface area (Å²) in [7, 11) is 0. The van der Waals surface area contributed by atoms with Crippen molar-refractivity contribution in [2.45, 2.75) is 47.6 Å². The zero-order valence-electron chi connectivity index (χ0n) is 20.5. The first-order chi connectivity index (χ1) is 16.2. The van der Waals surface area contributed by atoms with Gasteiger partial charge in [-0.05, 0) is 82.0 Å². The third kappa shape index (κ3) is 4.34. The van der Waals surface area contributed by atoms with Crippen molar-refractivity contribution < 1.29 is 14.3 Å². The molecule has 2 amide bonds. The average Bonchev–Trinajstić information content (AvgIpc) is 3.01. The number of anilines is 2. The molecule has 0 bridgehead atoms. The van der Waals surface area contributed by atoms with Gasteiger partial charge in [-0.1, -0.05) is 48.0 Å². The monoisotopic (exact) mass is 454 g/mol. The third-order valence-electron chi connectivity index (χ3n) is 5.99. The molecule has 174 valence electrons. The van der Waals surface area contributed by atoms with Gasteiger partial charge in [0.2, 0.25) is 0 Å². The smallest absolute Gasteiger partial charge is 0.282 e. The van der Waals surface area contributed by atoms with Crippen LogP contribution in [0.25, 0.3) is 5.57 Å². The standard InChI is InChI=1S/C29H30N2O3/c1-17(2)34-25-10-8-7-9-24(25)31-28(32)26(22-13-12-19(4)20(5)16-22)27(29(31)33)30-23-14-11-18(3)15-21(23)6/h7-17,30H,1-6H3. The van der Waals surface area contributed by atoms with Gasteiger partial charge in [0.25, 0.3) is 11.8 Å². The lowest BCUT2D eigenvalue weighted by Crippen LogP contribution is -2.33. The van der Waals surface area contributed by atoms with E-state index in [1.165, 1.54) is 4.90 Å². The number of ether oxygens (including phenoxy) is 1. The quantitative estimate of drug-likeness (QED) is 0.457. The Balaban J connectivity index is 1.86. The minimum Gasteiger partial charge on any atom is -0.489 e. The van der Waals surface area contributed by atoms with E-state index in [2.05, 4.69) is 5.32 Å². The maximum absolute atomic E-state index is 13.8. The molecule has 0 aliphatic carbocycles. The lowest BCUT2D eigenvalue weighted by molar-refractivity contribution is -0.120. The molecule has 0 spiro atoms. The van der Waals surface area contributed by atoms with Crippen LogP contribution in [0, 0.1) is 27.7 Å². The molecule has 3 aromatic rings. The molecule has 3 aromatic carbocycles. The number of carbonyl (C=O) groups is 2. The van der Waals surface area contributed by atoms with E-state index in [4.69, 9.17) is 4.74 Å². The van der Waals surface area contributed by atoms with E-state index in [-0.39, 0.29) is 17.7 Å². The maximum Gasteiger partial charge on any atom is 0.282 e. The van der Waals surface area contributed by atoms with Crippen LogP contribution in [0.4, 0.5) is 11.4 Å². The molecular weight excluding hydrogens is 424 g/mol. The van der Waals surface area contributed by atoms with Crippen molar-refractivity contribution in [1.82, 2.24) is 0 Å². The normalized spacial score (nSPS) is 13.8. The van der Waals surface area contributed by atoms with Crippen molar-refractivity contribution in [3.05, 3.63) is 94.2 Å². The summed E-state index contributed by atoms with van der Waals surface area (Å²) in [5.74, 6) is -0.287. The molecule has 0 saturated carbocycles. The molecule has 0 unspecified atom stereocenters. The SMILES string of the molecule is Cc1ccc(NC2=C(c3ccc(C)c(C)c3)C(=O)N(c3ccccc3OC(C)C)C2=O)c(C)c1. The second-order valence-electron chi connectivity index (χ2n) is 9.07. The van der Waals surface area contributed by atoms with E-state index in [1.807, 2.05) is 84.0 Å². The molecule has 4 rings (SSSR count). The lowest BCUT2D eigenvalue weighted by atomic mass is 9.99. The molecule has 34 heavy (non-hydrogen) atoms. The molecule has 1 N–H and O–H groups in total. The van der Waals surface area contributed by atoms with Crippen molar-refractivity contribution in [2.75, 3.05) is 10.2 Å². The third-order valence-corrected chi connectivity index (χ3v) is 5.99. The topological polar surface area (TPSA) is 58.6 Å². The highest BCUT2D eigenvalue weighted by Gasteiger charge is 2.41. The van der Waals surface area contributed by atoms with Gasteiger partial charge in [-0.3, -0.25) is 9.59 Å². The Hall–Kier alpha value is -3.86. The number of benzene rings is 3. The molecule has 5 nitrogen and oxygen atoms in total. The van der Waals surface area contributed by atoms with Gasteiger partial charge >= 0.3 is 0 Å². The van der Waals surface area contributed by atoms with Crippen molar-refractivity contribution in [1.29, 1.82) is 0 Å². The first-order valence-corrected chi connectivity index (χ1v) is 11.5. The number of aryl methyl sites for hydroxylation is 4. The number of hydrogen-bond acceptors (Lipinski definition) is 4. The largest absolute Gasteiger partial charge is 0.489 e. The fourth-order valence-electron chi connectivity index (χ4n) is 4.11. The fraction of sp³-hybridized carbons (Fsp3) is 0.241. The van der Waals surface area contributed by atoms with Crippen LogP contribution in [0.3, 0.4) is 0 Å². The summed E-state index contributed by atoms with van der Waals surface area (Å²) in [6.45, 7) is 11.9. The number of carbonyl (C=O) groups excluding carboxylic acids is 2. The Kier molecular flexibility index (Phi) is 6.29. The van der Waals surface area contributed by atoms with E-state index in [0.29, 0.717) is 22.6 Å². The molecule has 1 aliphatic rings. The predicted octanol–water partition coefficient (Wildman–Crippen LogP) is 6.10. The molecule has 5 heteroatoms. The van der Waals surface area contributed by atoms with Gasteiger partial charge in [-0.15, -0.1) is 0 Å². The first-order valence-electron chi connectivity index (χ1n) is 11.5. The van der Waals surface area contributed by atoms with Crippen molar-refractivity contribution >= 4 is 28.8 Å². The number of nitrogens with zero attached hydrogens (tertiary/aromatic N) is 1. The summed E-state index contributed by atoms with van der Waals surface area (Å²) < 4.78 is 5.93. The summed E-state index contributed by atoms with van der Waals surface area (Å²) in [5, 5.41) is 3.29. The van der Waals surface area contributed by atoms with E-state index in [9.17, 15) is 9.59 Å². The highest BCUT2D eigenvalue weighted by Crippen LogP contribution is 2.38. The van der Waals surface area contributed by atoms with Gasteiger partial charge in [-0.2, -0.15) is 0 Å². The minimum atomic E-state index is -0.405. The van der Waals surface area contributed by atoms with Crippen molar-refractivity contribution in [3.8, 4) is 5.75 Å². The zero-order valence-corrected chi connectivity index (χ0v) is 20.5. The Morgan fingerprint density at radius 1 is 0.794 bits per heavy atom. The van der Waals surface area contributed by atoms with Gasteiger partial charge in [-0.25, -0.2) is 4.90 Å². The summed E-state index contributed by atoms with van der Waals surface area (Å²) in [6.07, 6.45) is -0.103. The minimum absolute atomic E-state index is 0.103. The highest BCUT2D eigenvalue weighted by atomic mass is 16.5. The fourth-order valence-corrected chi connectivity index (χ4v) is 4.11. The highest BCUT2D eigenvalue weighted by molar-refractivity contribution is 6.46. The molecule has 0 saturated heterocycles. The van der Waals surface area contributed by atoms with E-state index < -0.39 is 5.91 Å². The van der Waals surface area contributed by atoms with E-state index in [1.54, 1.807) is 18.2 Å². The van der Waals surface area contributed by atoms with Gasteiger partial charge in [0.15, 0.2) is 0 Å². The van der Waals surface area contributed by atoms with Gasteiger partial charge in [0.05, 0.1) is 17.4 Å². The van der Waals surface area contributed by atoms with Crippen LogP contribution in [0.15, 0.2) is 66.4 Å². The summed E-state index contributed by atoms with van der Waals surface area (Å²) >= 11 is 0. The Morgan fingerprint density at radius 3 is 2.21 bits per heavy atom. The maximum atomic E-state index is 13.8. The summed E-state index contributed by atoms with van der Waals surface area (Å²) in [5.41, 5.74) is 6.85. The molecular formula is C29H30N2O3. The molecule has 1 aliphatic heterocycles. The molecule has 0 atom stereocenters. The van der Waals surface area contributed by atoms with Crippen LogP contribution in [0.1, 0.15) is 41.7 Å². The van der Waals surface area contributed by atoms with Crippen molar-refractivity contribution in [2.24, 2.45) is 0 Å². The van der Waals surface area contributed by atoms with Crippen LogP contribution < -0.4 is 15.0 Å². The Bertz CT molecular complexity index is 1320. The van der Waals surface area contributed by atoms with Gasteiger partial charge in [0, 0.05) is 5.69 Å². The number of imide groups is 1. The van der Waals surface area contributed by atoms with E-state index in [0.717, 1.165) is 27.9 Å². The van der Waals surface area contributed by atoms with Crippen LogP contribution in [-0.2, 0) is 9.59 Å². The van der Waals surface area contributed by atoms with Crippen LogP contribution in [0.5, 0.6) is 5.75 Å². The number of para-hydroxylation sites is 2. The number of nitrogens with one attached hydrogen (secondary N) is 1. The Morgan fingerprint density at radius 2 is 1.53 bits per heavy atom. The van der Waals surface area contributed by atoms with Gasteiger partial charge in [0.1, 0.15) is 11.4 Å². The van der Waals surface area contributed by atoms with Crippen LogP contribution >= 0.6 is 0 Å². The molecule has 1 heterocycles. The number of hydrogen-bond donors (Lipinski definition) is 1. The Labute approximate surface area is 201 Å². The second kappa shape index (κ2) is 9.18. The van der Waals surface area contributed by atoms with E-state index >= 15 is 0 Å². The predicted molar refractivity (Wildman–Crippen MR) is 137 cm³/mol. The van der Waals surface area contributed by atoms with Crippen LogP contribution in [0.2, 0.25) is 0 Å². The van der Waals surface area contributed by atoms with Gasteiger partial charge < -0.3 is 10.1 Å². The first kappa shape index (κ1) is 23.3.